The molecule has 1 fully saturated rings. The van der Waals surface area contributed by atoms with Gasteiger partial charge in [0.2, 0.25) is 11.8 Å². The molecule has 0 aromatic rings. The first-order valence-electron chi connectivity index (χ1n) is 14.0. The number of nitrogens with zero attached hydrogens (tertiary/aromatic N) is 4. The molecule has 40 heavy (non-hydrogen) atoms. The lowest BCUT2D eigenvalue weighted by atomic mass is 10.3. The lowest BCUT2D eigenvalue weighted by Gasteiger charge is -2.33. The predicted molar refractivity (Wildman–Crippen MR) is 147 cm³/mol. The normalized spacial score (nSPS) is 16.7. The van der Waals surface area contributed by atoms with Crippen molar-refractivity contribution in [3.05, 3.63) is 0 Å². The number of carbonyl (C=O) groups excluding carboxylic acids is 5. The molecule has 1 aliphatic rings. The average molecular weight is 573 g/mol. The van der Waals surface area contributed by atoms with E-state index in [1.165, 1.54) is 6.92 Å². The fraction of sp³-hybridized carbons (Fsp3) is 0.808. The Labute approximate surface area is 237 Å². The summed E-state index contributed by atoms with van der Waals surface area (Å²) in [5, 5.41) is 5.45. The SMILES string of the molecule is CCOC(=O)CN1CCN(CC(=O)NCCNC(C)=O)CCN(CC(=O)OCC)CCN(CC(=O)OCC)CC1. The second-order valence-electron chi connectivity index (χ2n) is 9.35. The Kier molecular flexibility index (Phi) is 18.5. The van der Waals surface area contributed by atoms with Crippen molar-refractivity contribution in [1.29, 1.82) is 0 Å². The Balaban J connectivity index is 3.00. The molecule has 14 nitrogen and oxygen atoms in total. The van der Waals surface area contributed by atoms with Gasteiger partial charge < -0.3 is 24.8 Å². The molecule has 14 heteroatoms. The van der Waals surface area contributed by atoms with Crippen LogP contribution in [0.2, 0.25) is 0 Å². The van der Waals surface area contributed by atoms with Crippen LogP contribution in [0, 0.1) is 0 Å². The van der Waals surface area contributed by atoms with Crippen molar-refractivity contribution in [1.82, 2.24) is 30.2 Å². The van der Waals surface area contributed by atoms with Crippen LogP contribution >= 0.6 is 0 Å². The molecule has 1 saturated heterocycles. The van der Waals surface area contributed by atoms with E-state index in [2.05, 4.69) is 10.6 Å². The van der Waals surface area contributed by atoms with Gasteiger partial charge in [0.25, 0.3) is 0 Å². The zero-order chi connectivity index (χ0) is 29.8. The molecule has 0 aromatic carbocycles. The smallest absolute Gasteiger partial charge is 0.320 e. The quantitative estimate of drug-likeness (QED) is 0.137. The molecule has 0 radical (unpaired) electrons. The van der Waals surface area contributed by atoms with Crippen LogP contribution in [0.4, 0.5) is 0 Å². The van der Waals surface area contributed by atoms with Crippen LogP contribution in [-0.2, 0) is 38.2 Å². The summed E-state index contributed by atoms with van der Waals surface area (Å²) in [7, 11) is 0. The maximum atomic E-state index is 12.6. The highest BCUT2D eigenvalue weighted by Gasteiger charge is 2.22. The van der Waals surface area contributed by atoms with Crippen LogP contribution in [0.3, 0.4) is 0 Å². The molecular formula is C26H48N6O8. The number of rotatable bonds is 14. The number of carbonyl (C=O) groups is 5. The number of amides is 2. The fourth-order valence-electron chi connectivity index (χ4n) is 4.08. The van der Waals surface area contributed by atoms with E-state index < -0.39 is 0 Å². The van der Waals surface area contributed by atoms with Crippen LogP contribution in [0.15, 0.2) is 0 Å². The molecule has 2 N–H and O–H groups in total. The summed E-state index contributed by atoms with van der Waals surface area (Å²) in [4.78, 5) is 68.3. The minimum Gasteiger partial charge on any atom is -0.465 e. The summed E-state index contributed by atoms with van der Waals surface area (Å²) < 4.78 is 15.4. The van der Waals surface area contributed by atoms with Gasteiger partial charge in [0.1, 0.15) is 0 Å². The fourth-order valence-corrected chi connectivity index (χ4v) is 4.08. The highest BCUT2D eigenvalue weighted by Crippen LogP contribution is 2.03. The molecule has 1 rings (SSSR count). The first kappa shape index (κ1) is 35.2. The lowest BCUT2D eigenvalue weighted by Crippen LogP contribution is -2.50. The number of esters is 3. The van der Waals surface area contributed by atoms with Gasteiger partial charge in [0, 0.05) is 72.4 Å². The van der Waals surface area contributed by atoms with Gasteiger partial charge in [-0.1, -0.05) is 0 Å². The van der Waals surface area contributed by atoms with Crippen LogP contribution in [0.5, 0.6) is 0 Å². The molecule has 0 spiro atoms. The monoisotopic (exact) mass is 572 g/mol. The predicted octanol–water partition coefficient (Wildman–Crippen LogP) is -1.85. The van der Waals surface area contributed by atoms with Crippen molar-refractivity contribution in [2.75, 3.05) is 111 Å². The molecule has 0 saturated carbocycles. The summed E-state index contributed by atoms with van der Waals surface area (Å²) in [5.41, 5.74) is 0. The first-order chi connectivity index (χ1) is 19.2. The van der Waals surface area contributed by atoms with Gasteiger partial charge in [-0.3, -0.25) is 43.6 Å². The molecule has 0 aliphatic carbocycles. The molecule has 1 aliphatic heterocycles. The van der Waals surface area contributed by atoms with E-state index >= 15 is 0 Å². The highest BCUT2D eigenvalue weighted by atomic mass is 16.5. The van der Waals surface area contributed by atoms with E-state index in [0.717, 1.165) is 0 Å². The second kappa shape index (κ2) is 21.0. The maximum Gasteiger partial charge on any atom is 0.320 e. The second-order valence-corrected chi connectivity index (χ2v) is 9.35. The van der Waals surface area contributed by atoms with Crippen LogP contribution in [-0.4, -0.2) is 161 Å². The summed E-state index contributed by atoms with van der Waals surface area (Å²) in [5.74, 6) is -1.36. The van der Waals surface area contributed by atoms with Crippen molar-refractivity contribution in [3.8, 4) is 0 Å². The zero-order valence-electron chi connectivity index (χ0n) is 24.6. The summed E-state index contributed by atoms with van der Waals surface area (Å²) in [6, 6.07) is 0. The summed E-state index contributed by atoms with van der Waals surface area (Å²) >= 11 is 0. The number of ether oxygens (including phenoxy) is 3. The molecule has 2 amide bonds. The largest absolute Gasteiger partial charge is 0.465 e. The zero-order valence-corrected chi connectivity index (χ0v) is 24.6. The summed E-state index contributed by atoms with van der Waals surface area (Å²) in [6.07, 6.45) is 0. The van der Waals surface area contributed by atoms with Gasteiger partial charge in [0.05, 0.1) is 46.0 Å². The molecule has 0 bridgehead atoms. The average Bonchev–Trinajstić information content (AvgIpc) is 2.88. The van der Waals surface area contributed by atoms with Gasteiger partial charge in [-0.15, -0.1) is 0 Å². The topological polar surface area (TPSA) is 150 Å². The van der Waals surface area contributed by atoms with E-state index in [0.29, 0.717) is 65.4 Å². The van der Waals surface area contributed by atoms with E-state index in [1.807, 2.05) is 19.6 Å². The van der Waals surface area contributed by atoms with E-state index in [-0.39, 0.29) is 75.7 Å². The van der Waals surface area contributed by atoms with Crippen LogP contribution < -0.4 is 10.6 Å². The lowest BCUT2D eigenvalue weighted by molar-refractivity contribution is -0.146. The third-order valence-corrected chi connectivity index (χ3v) is 6.09. The Morgan fingerprint density at radius 2 is 0.825 bits per heavy atom. The Morgan fingerprint density at radius 1 is 0.525 bits per heavy atom. The van der Waals surface area contributed by atoms with Crippen LogP contribution in [0.25, 0.3) is 0 Å². The number of nitrogens with one attached hydrogen (secondary N) is 2. The van der Waals surface area contributed by atoms with Crippen molar-refractivity contribution in [2.24, 2.45) is 0 Å². The van der Waals surface area contributed by atoms with Crippen molar-refractivity contribution in [3.63, 3.8) is 0 Å². The third kappa shape index (κ3) is 17.0. The molecule has 0 atom stereocenters. The number of hydrogen-bond donors (Lipinski definition) is 2. The molecule has 0 aromatic heterocycles. The minimum absolute atomic E-state index is 0.0901. The third-order valence-electron chi connectivity index (χ3n) is 6.09. The standard InChI is InChI=1S/C26H48N6O8/c1-5-38-24(35)19-30-12-10-29(18-23(34)28-9-8-27-22(4)33)11-13-31(20-25(36)39-6-2)15-17-32(16-14-30)21-26(37)40-7-3/h5-21H2,1-4H3,(H,27,33)(H,28,34). The van der Waals surface area contributed by atoms with Gasteiger partial charge in [-0.25, -0.2) is 0 Å². The first-order valence-corrected chi connectivity index (χ1v) is 14.0. The van der Waals surface area contributed by atoms with E-state index in [4.69, 9.17) is 14.2 Å². The molecule has 0 unspecified atom stereocenters. The van der Waals surface area contributed by atoms with E-state index in [9.17, 15) is 24.0 Å². The summed E-state index contributed by atoms with van der Waals surface area (Å²) in [6.45, 7) is 12.5. The van der Waals surface area contributed by atoms with Gasteiger partial charge in [-0.05, 0) is 20.8 Å². The van der Waals surface area contributed by atoms with Crippen molar-refractivity contribution in [2.45, 2.75) is 27.7 Å². The molecule has 230 valence electrons. The maximum absolute atomic E-state index is 12.6. The van der Waals surface area contributed by atoms with Gasteiger partial charge in [-0.2, -0.15) is 0 Å². The van der Waals surface area contributed by atoms with E-state index in [1.54, 1.807) is 20.8 Å². The molecular weight excluding hydrogens is 524 g/mol. The Morgan fingerprint density at radius 3 is 1.12 bits per heavy atom. The van der Waals surface area contributed by atoms with Crippen molar-refractivity contribution >= 4 is 29.7 Å². The minimum atomic E-state index is -0.339. The van der Waals surface area contributed by atoms with Crippen LogP contribution in [0.1, 0.15) is 27.7 Å². The molecule has 1 heterocycles. The van der Waals surface area contributed by atoms with Crippen molar-refractivity contribution < 1.29 is 38.2 Å². The van der Waals surface area contributed by atoms with Gasteiger partial charge in [0.15, 0.2) is 0 Å². The number of hydrogen-bond acceptors (Lipinski definition) is 12. The Hall–Kier alpha value is -2.81. The van der Waals surface area contributed by atoms with Gasteiger partial charge >= 0.3 is 17.9 Å². The highest BCUT2D eigenvalue weighted by molar-refractivity contribution is 5.78. The Bertz CT molecular complexity index is 763.